The van der Waals surface area contributed by atoms with E-state index in [-0.39, 0.29) is 17.2 Å². The topological polar surface area (TPSA) is 70.7 Å². The minimum atomic E-state index is -3.02. The molecule has 1 fully saturated rings. The second kappa shape index (κ2) is 8.94. The monoisotopic (exact) mass is 379 g/mol. The lowest BCUT2D eigenvalue weighted by Crippen LogP contribution is -2.46. The minimum absolute atomic E-state index is 0.0403. The van der Waals surface area contributed by atoms with Gasteiger partial charge in [0.15, 0.2) is 0 Å². The first-order valence-corrected chi connectivity index (χ1v) is 9.07. The summed E-state index contributed by atoms with van der Waals surface area (Å²) >= 11 is 0. The van der Waals surface area contributed by atoms with Crippen molar-refractivity contribution >= 4 is 11.8 Å². The highest BCUT2D eigenvalue weighted by Crippen LogP contribution is 2.26. The number of likely N-dealkylation sites (tertiary alicyclic amines) is 1. The van der Waals surface area contributed by atoms with Gasteiger partial charge < -0.3 is 20.3 Å². The van der Waals surface area contributed by atoms with E-state index in [1.54, 1.807) is 6.07 Å². The van der Waals surface area contributed by atoms with Gasteiger partial charge in [-0.3, -0.25) is 9.59 Å². The molecule has 2 amide bonds. The van der Waals surface area contributed by atoms with Gasteiger partial charge in [0, 0.05) is 19.6 Å². The zero-order valence-corrected chi connectivity index (χ0v) is 14.9. The summed E-state index contributed by atoms with van der Waals surface area (Å²) in [6.07, 6.45) is 4.18. The summed E-state index contributed by atoms with van der Waals surface area (Å²) in [7, 11) is 0. The van der Waals surface area contributed by atoms with Crippen LogP contribution >= 0.6 is 0 Å². The molecule has 27 heavy (non-hydrogen) atoms. The van der Waals surface area contributed by atoms with Crippen LogP contribution in [0.25, 0.3) is 0 Å². The molecule has 1 aromatic rings. The number of carbonyl (C=O) groups excluding carboxylic acids is 2. The van der Waals surface area contributed by atoms with E-state index < -0.39 is 18.6 Å². The highest BCUT2D eigenvalue weighted by atomic mass is 19.3. The summed E-state index contributed by atoms with van der Waals surface area (Å²) < 4.78 is 29.7. The van der Waals surface area contributed by atoms with Crippen LogP contribution < -0.4 is 15.4 Å². The molecule has 1 atom stereocenters. The number of rotatable bonds is 6. The van der Waals surface area contributed by atoms with Crippen LogP contribution in [0.3, 0.4) is 0 Å². The van der Waals surface area contributed by atoms with Crippen molar-refractivity contribution in [1.82, 2.24) is 15.5 Å². The Kier molecular flexibility index (Phi) is 6.39. The Morgan fingerprint density at radius 1 is 1.33 bits per heavy atom. The second-order valence-corrected chi connectivity index (χ2v) is 6.57. The Labute approximate surface area is 156 Å². The summed E-state index contributed by atoms with van der Waals surface area (Å²) in [5.41, 5.74) is 1.20. The maximum absolute atomic E-state index is 12.9. The minimum Gasteiger partial charge on any atom is -0.434 e. The van der Waals surface area contributed by atoms with Gasteiger partial charge in [0.2, 0.25) is 5.91 Å². The summed E-state index contributed by atoms with van der Waals surface area (Å²) in [5.74, 6) is -0.860. The number of hydrogen-bond acceptors (Lipinski definition) is 4. The lowest BCUT2D eigenvalue weighted by Gasteiger charge is -2.25. The van der Waals surface area contributed by atoms with E-state index in [9.17, 15) is 18.4 Å². The van der Waals surface area contributed by atoms with Gasteiger partial charge in [0.25, 0.3) is 5.91 Å². The number of nitrogens with one attached hydrogen (secondary N) is 2. The highest BCUT2D eigenvalue weighted by Gasteiger charge is 2.35. The highest BCUT2D eigenvalue weighted by molar-refractivity contribution is 6.00. The van der Waals surface area contributed by atoms with E-state index in [2.05, 4.69) is 21.4 Å². The molecule has 8 heteroatoms. The molecule has 2 heterocycles. The van der Waals surface area contributed by atoms with Gasteiger partial charge >= 0.3 is 6.61 Å². The number of para-hydroxylation sites is 1. The van der Waals surface area contributed by atoms with Crippen molar-refractivity contribution in [3.05, 3.63) is 41.5 Å². The Morgan fingerprint density at radius 2 is 2.15 bits per heavy atom. The number of alkyl halides is 2. The molecule has 6 nitrogen and oxygen atoms in total. The number of halogens is 2. The van der Waals surface area contributed by atoms with E-state index in [1.807, 2.05) is 0 Å². The first-order chi connectivity index (χ1) is 13.1. The molecule has 0 bridgehead atoms. The lowest BCUT2D eigenvalue weighted by molar-refractivity contribution is -0.124. The molecule has 2 aliphatic rings. The maximum atomic E-state index is 12.9. The zero-order chi connectivity index (χ0) is 19.2. The van der Waals surface area contributed by atoms with Crippen LogP contribution in [0.15, 0.2) is 35.9 Å². The van der Waals surface area contributed by atoms with Crippen molar-refractivity contribution in [1.29, 1.82) is 0 Å². The number of carbonyl (C=O) groups is 2. The number of benzene rings is 1. The third-order valence-electron chi connectivity index (χ3n) is 4.80. The molecule has 2 aliphatic heterocycles. The molecule has 0 saturated carbocycles. The van der Waals surface area contributed by atoms with Gasteiger partial charge in [-0.25, -0.2) is 0 Å². The first kappa shape index (κ1) is 19.3. The second-order valence-electron chi connectivity index (χ2n) is 6.57. The smallest absolute Gasteiger partial charge is 0.387 e. The fourth-order valence-electron chi connectivity index (χ4n) is 3.43. The van der Waals surface area contributed by atoms with Crippen LogP contribution in [0.1, 0.15) is 29.6 Å². The average molecular weight is 379 g/mol. The molecule has 1 unspecified atom stereocenters. The van der Waals surface area contributed by atoms with Gasteiger partial charge in [-0.1, -0.05) is 23.8 Å². The lowest BCUT2D eigenvalue weighted by atomic mass is 10.1. The van der Waals surface area contributed by atoms with Crippen LogP contribution in [0.4, 0.5) is 8.78 Å². The van der Waals surface area contributed by atoms with Crippen molar-refractivity contribution in [3.8, 4) is 5.75 Å². The molecular formula is C19H23F2N3O3. The van der Waals surface area contributed by atoms with Crippen LogP contribution in [0.2, 0.25) is 0 Å². The van der Waals surface area contributed by atoms with Crippen LogP contribution in [-0.4, -0.2) is 55.5 Å². The molecule has 1 aromatic carbocycles. The first-order valence-electron chi connectivity index (χ1n) is 9.07. The molecule has 3 rings (SSSR count). The average Bonchev–Trinajstić information content (AvgIpc) is 3.16. The van der Waals surface area contributed by atoms with Crippen molar-refractivity contribution in [2.75, 3.05) is 26.2 Å². The summed E-state index contributed by atoms with van der Waals surface area (Å²) in [6, 6.07) is 5.27. The fourth-order valence-corrected chi connectivity index (χ4v) is 3.43. The van der Waals surface area contributed by atoms with Gasteiger partial charge in [-0.2, -0.15) is 8.78 Å². The van der Waals surface area contributed by atoms with Gasteiger partial charge in [0.05, 0.1) is 5.56 Å². The van der Waals surface area contributed by atoms with E-state index in [4.69, 9.17) is 0 Å². The molecule has 0 spiro atoms. The zero-order valence-electron chi connectivity index (χ0n) is 14.9. The third-order valence-corrected chi connectivity index (χ3v) is 4.80. The molecule has 0 aliphatic carbocycles. The molecule has 1 saturated heterocycles. The van der Waals surface area contributed by atoms with Gasteiger partial charge in [-0.15, -0.1) is 0 Å². The van der Waals surface area contributed by atoms with Crippen molar-refractivity contribution in [3.63, 3.8) is 0 Å². The van der Waals surface area contributed by atoms with E-state index in [0.717, 1.165) is 25.1 Å². The molecule has 0 aromatic heterocycles. The quantitative estimate of drug-likeness (QED) is 0.741. The Balaban J connectivity index is 1.67. The van der Waals surface area contributed by atoms with Crippen LogP contribution in [-0.2, 0) is 4.79 Å². The fraction of sp³-hybridized carbons (Fsp3) is 0.474. The summed E-state index contributed by atoms with van der Waals surface area (Å²) in [5, 5.41) is 6.11. The van der Waals surface area contributed by atoms with Gasteiger partial charge in [0.1, 0.15) is 11.8 Å². The summed E-state index contributed by atoms with van der Waals surface area (Å²) in [6.45, 7) is -0.470. The predicted octanol–water partition coefficient (Wildman–Crippen LogP) is 1.93. The van der Waals surface area contributed by atoms with Crippen molar-refractivity contribution < 1.29 is 23.1 Å². The van der Waals surface area contributed by atoms with Crippen LogP contribution in [0, 0.1) is 0 Å². The van der Waals surface area contributed by atoms with Crippen molar-refractivity contribution in [2.45, 2.75) is 31.9 Å². The maximum Gasteiger partial charge on any atom is 0.387 e. The standard InChI is InChI=1S/C19H23F2N3O3/c20-19(21)27-16-6-2-1-4-14(16)18(26)24-11-3-5-15(24)17(25)23-12-13-7-9-22-10-8-13/h1-2,4,6-7,15,19,22H,3,5,8-12H2,(H,23,25). The Hall–Kier alpha value is -2.48. The largest absolute Gasteiger partial charge is 0.434 e. The number of nitrogens with zero attached hydrogens (tertiary/aromatic N) is 1. The number of amides is 2. The van der Waals surface area contributed by atoms with E-state index in [0.29, 0.717) is 25.9 Å². The normalized spacial score (nSPS) is 19.7. The Bertz CT molecular complexity index is 724. The molecular weight excluding hydrogens is 356 g/mol. The van der Waals surface area contributed by atoms with E-state index >= 15 is 0 Å². The number of ether oxygens (including phenoxy) is 1. The molecule has 0 radical (unpaired) electrons. The van der Waals surface area contributed by atoms with Crippen LogP contribution in [0.5, 0.6) is 5.75 Å². The predicted molar refractivity (Wildman–Crippen MR) is 95.7 cm³/mol. The number of hydrogen-bond donors (Lipinski definition) is 2. The van der Waals surface area contributed by atoms with E-state index in [1.165, 1.54) is 23.1 Å². The Morgan fingerprint density at radius 3 is 2.89 bits per heavy atom. The molecule has 2 N–H and O–H groups in total. The summed E-state index contributed by atoms with van der Waals surface area (Å²) in [4.78, 5) is 26.9. The van der Waals surface area contributed by atoms with Gasteiger partial charge in [-0.05, 0) is 37.9 Å². The molecule has 146 valence electrons. The SMILES string of the molecule is O=C(NCC1=CCNCC1)C1CCCN1C(=O)c1ccccc1OC(F)F. The van der Waals surface area contributed by atoms with Crippen molar-refractivity contribution in [2.24, 2.45) is 0 Å². The third kappa shape index (κ3) is 4.82.